The first-order valence-corrected chi connectivity index (χ1v) is 21.5. The van der Waals surface area contributed by atoms with Gasteiger partial charge in [0.05, 0.1) is 12.7 Å². The van der Waals surface area contributed by atoms with E-state index < -0.39 is 16.6 Å². The number of aliphatic hydroxyl groups excluding tert-OH is 2. The number of hydrogen-bond donors (Lipinski definition) is 2. The SMILES string of the molecule is C=C(CO[Si](C)(C)C(C)(C)C)[C@]1(CO[Si](C)(C)C(C)(C)C)[C@H]2[C@H](CCO)[C@@H](CCCCC/C=C/C)[C@@H]1C[C@@H]2O. The summed E-state index contributed by atoms with van der Waals surface area (Å²) in [5.74, 6) is 1.18. The summed E-state index contributed by atoms with van der Waals surface area (Å²) in [4.78, 5) is 0. The summed E-state index contributed by atoms with van der Waals surface area (Å²) in [7, 11) is -3.99. The van der Waals surface area contributed by atoms with E-state index in [4.69, 9.17) is 15.4 Å². The zero-order chi connectivity index (χ0) is 29.9. The third kappa shape index (κ3) is 7.59. The highest BCUT2D eigenvalue weighted by atomic mass is 28.4. The Morgan fingerprint density at radius 3 is 2.05 bits per heavy atom. The van der Waals surface area contributed by atoms with Crippen molar-refractivity contribution in [3.63, 3.8) is 0 Å². The van der Waals surface area contributed by atoms with Gasteiger partial charge in [-0.05, 0) is 105 Å². The van der Waals surface area contributed by atoms with Crippen LogP contribution in [0.1, 0.15) is 93.4 Å². The molecule has 0 aromatic carbocycles. The van der Waals surface area contributed by atoms with Crippen LogP contribution in [-0.2, 0) is 8.85 Å². The molecule has 0 amide bonds. The van der Waals surface area contributed by atoms with E-state index >= 15 is 0 Å². The van der Waals surface area contributed by atoms with E-state index in [-0.39, 0.29) is 34.1 Å². The van der Waals surface area contributed by atoms with Crippen LogP contribution in [0.3, 0.4) is 0 Å². The van der Waals surface area contributed by atoms with Crippen molar-refractivity contribution in [1.29, 1.82) is 0 Å². The standard InChI is InChI=1S/C33H64O4Si2/c1-13-14-15-16-17-18-19-26-27(20-21-34)30-29(35)22-28(26)33(30,24-37-39(11,12)32(6,7)8)25(2)23-36-38(9,10)31(3,4)5/h13-14,26-30,34-35H,2,15-24H2,1,3-12H3/b14-13+/t26-,27-,28+,29+,30+,33+/m1/s1. The van der Waals surface area contributed by atoms with E-state index in [0.717, 1.165) is 31.3 Å². The molecule has 0 heterocycles. The normalized spacial score (nSPS) is 30.0. The van der Waals surface area contributed by atoms with Gasteiger partial charge < -0.3 is 19.1 Å². The van der Waals surface area contributed by atoms with Gasteiger partial charge in [-0.3, -0.25) is 0 Å². The summed E-state index contributed by atoms with van der Waals surface area (Å²) in [5.41, 5.74) is 0.823. The fourth-order valence-electron chi connectivity index (χ4n) is 6.88. The van der Waals surface area contributed by atoms with Crippen molar-refractivity contribution in [3.8, 4) is 0 Å². The molecule has 2 bridgehead atoms. The van der Waals surface area contributed by atoms with Crippen LogP contribution in [0.5, 0.6) is 0 Å². The Bertz CT molecular complexity index is 823. The van der Waals surface area contributed by atoms with Crippen LogP contribution in [-0.4, -0.2) is 52.8 Å². The molecule has 2 saturated carbocycles. The van der Waals surface area contributed by atoms with Crippen molar-refractivity contribution < 1.29 is 19.1 Å². The quantitative estimate of drug-likeness (QED) is 0.115. The Kier molecular flexibility index (Phi) is 12.0. The molecule has 228 valence electrons. The molecule has 6 heteroatoms. The van der Waals surface area contributed by atoms with Crippen LogP contribution in [0.2, 0.25) is 36.3 Å². The van der Waals surface area contributed by atoms with Gasteiger partial charge in [0.2, 0.25) is 0 Å². The molecule has 2 N–H and O–H groups in total. The number of aliphatic hydroxyl groups is 2. The van der Waals surface area contributed by atoms with Gasteiger partial charge in [-0.25, -0.2) is 0 Å². The topological polar surface area (TPSA) is 58.9 Å². The Labute approximate surface area is 244 Å². The first kappa shape index (κ1) is 35.0. The molecule has 2 fully saturated rings. The molecule has 0 aliphatic heterocycles. The highest BCUT2D eigenvalue weighted by Crippen LogP contribution is 2.68. The van der Waals surface area contributed by atoms with E-state index in [1.165, 1.54) is 19.3 Å². The van der Waals surface area contributed by atoms with Crippen LogP contribution >= 0.6 is 0 Å². The zero-order valence-corrected chi connectivity index (χ0v) is 29.5. The average Bonchev–Trinajstić information content (AvgIpc) is 3.24. The maximum Gasteiger partial charge on any atom is 0.192 e. The molecule has 0 spiro atoms. The Morgan fingerprint density at radius 2 is 1.51 bits per heavy atom. The summed E-state index contributed by atoms with van der Waals surface area (Å²) in [5, 5.41) is 21.9. The van der Waals surface area contributed by atoms with Crippen LogP contribution < -0.4 is 0 Å². The molecule has 6 atom stereocenters. The van der Waals surface area contributed by atoms with Gasteiger partial charge in [-0.15, -0.1) is 0 Å². The van der Waals surface area contributed by atoms with E-state index in [2.05, 4.69) is 86.8 Å². The summed E-state index contributed by atoms with van der Waals surface area (Å²) in [6.07, 6.45) is 11.6. The lowest BCUT2D eigenvalue weighted by Gasteiger charge is -2.44. The molecule has 39 heavy (non-hydrogen) atoms. The molecular weight excluding hydrogens is 517 g/mol. The molecular formula is C33H64O4Si2. The van der Waals surface area contributed by atoms with Crippen molar-refractivity contribution in [2.45, 2.75) is 136 Å². The zero-order valence-electron chi connectivity index (χ0n) is 27.5. The van der Waals surface area contributed by atoms with E-state index in [1.54, 1.807) is 0 Å². The van der Waals surface area contributed by atoms with Crippen LogP contribution in [0.15, 0.2) is 24.3 Å². The second kappa shape index (κ2) is 13.4. The number of rotatable bonds is 15. The molecule has 0 radical (unpaired) electrons. The fourth-order valence-corrected chi connectivity index (χ4v) is 8.88. The predicted molar refractivity (Wildman–Crippen MR) is 172 cm³/mol. The number of unbranched alkanes of at least 4 members (excludes halogenated alkanes) is 3. The van der Waals surface area contributed by atoms with E-state index in [1.807, 2.05) is 0 Å². The molecule has 2 aliphatic carbocycles. The molecule has 0 unspecified atom stereocenters. The minimum absolute atomic E-state index is 0.0722. The third-order valence-corrected chi connectivity index (χ3v) is 20.3. The molecule has 2 aliphatic rings. The van der Waals surface area contributed by atoms with Gasteiger partial charge in [0.25, 0.3) is 0 Å². The first-order valence-electron chi connectivity index (χ1n) is 15.7. The lowest BCUT2D eigenvalue weighted by molar-refractivity contribution is 0.0211. The second-order valence-electron chi connectivity index (χ2n) is 15.7. The molecule has 2 rings (SSSR count). The molecule has 0 saturated heterocycles. The summed E-state index contributed by atoms with van der Waals surface area (Å²) < 4.78 is 13.8. The summed E-state index contributed by atoms with van der Waals surface area (Å²) in [6, 6.07) is 0. The molecule has 0 aromatic heterocycles. The average molecular weight is 581 g/mol. The van der Waals surface area contributed by atoms with Gasteiger partial charge in [0.15, 0.2) is 16.6 Å². The van der Waals surface area contributed by atoms with Gasteiger partial charge in [-0.1, -0.05) is 73.1 Å². The van der Waals surface area contributed by atoms with Crippen molar-refractivity contribution in [1.82, 2.24) is 0 Å². The second-order valence-corrected chi connectivity index (χ2v) is 25.3. The Balaban J connectivity index is 2.43. The maximum absolute atomic E-state index is 11.5. The van der Waals surface area contributed by atoms with E-state index in [0.29, 0.717) is 31.0 Å². The largest absolute Gasteiger partial charge is 0.416 e. The number of hydrogen-bond acceptors (Lipinski definition) is 4. The molecule has 0 aromatic rings. The van der Waals surface area contributed by atoms with Gasteiger partial charge in [0.1, 0.15) is 0 Å². The highest BCUT2D eigenvalue weighted by Gasteiger charge is 2.67. The molecule has 4 nitrogen and oxygen atoms in total. The third-order valence-electron chi connectivity index (χ3n) is 11.4. The van der Waals surface area contributed by atoms with Crippen molar-refractivity contribution in [2.75, 3.05) is 19.8 Å². The minimum atomic E-state index is -2.03. The first-order chi connectivity index (χ1) is 17.9. The number of fused-ring (bicyclic) bond motifs is 2. The highest BCUT2D eigenvalue weighted by molar-refractivity contribution is 6.74. The predicted octanol–water partition coefficient (Wildman–Crippen LogP) is 8.72. The number of allylic oxidation sites excluding steroid dienone is 2. The Hall–Kier alpha value is -0.246. The fraction of sp³-hybridized carbons (Fsp3) is 0.879. The van der Waals surface area contributed by atoms with Crippen LogP contribution in [0.25, 0.3) is 0 Å². The monoisotopic (exact) mass is 580 g/mol. The maximum atomic E-state index is 11.5. The van der Waals surface area contributed by atoms with Crippen LogP contribution in [0, 0.1) is 29.1 Å². The smallest absolute Gasteiger partial charge is 0.192 e. The minimum Gasteiger partial charge on any atom is -0.416 e. The summed E-state index contributed by atoms with van der Waals surface area (Å²) in [6.45, 7) is 31.2. The van der Waals surface area contributed by atoms with Gasteiger partial charge >= 0.3 is 0 Å². The van der Waals surface area contributed by atoms with Crippen molar-refractivity contribution in [3.05, 3.63) is 24.3 Å². The van der Waals surface area contributed by atoms with Crippen LogP contribution in [0.4, 0.5) is 0 Å². The van der Waals surface area contributed by atoms with Gasteiger partial charge in [0, 0.05) is 18.6 Å². The lowest BCUT2D eigenvalue weighted by Crippen LogP contribution is -2.48. The lowest BCUT2D eigenvalue weighted by atomic mass is 9.71. The van der Waals surface area contributed by atoms with Crippen molar-refractivity contribution >= 4 is 16.6 Å². The van der Waals surface area contributed by atoms with Gasteiger partial charge in [-0.2, -0.15) is 0 Å². The van der Waals surface area contributed by atoms with Crippen molar-refractivity contribution in [2.24, 2.45) is 29.1 Å². The Morgan fingerprint density at radius 1 is 0.923 bits per heavy atom. The summed E-state index contributed by atoms with van der Waals surface area (Å²) >= 11 is 0. The van der Waals surface area contributed by atoms with E-state index in [9.17, 15) is 10.2 Å².